The minimum absolute atomic E-state index is 0.0205. The molecule has 1 aliphatic rings. The summed E-state index contributed by atoms with van der Waals surface area (Å²) in [5.74, 6) is -0.126. The lowest BCUT2D eigenvalue weighted by Crippen LogP contribution is -2.22. The lowest BCUT2D eigenvalue weighted by atomic mass is 9.99. The van der Waals surface area contributed by atoms with E-state index in [1.54, 1.807) is 11.8 Å². The van der Waals surface area contributed by atoms with E-state index < -0.39 is 0 Å². The number of allylic oxidation sites excluding steroid dienone is 1. The van der Waals surface area contributed by atoms with Crippen molar-refractivity contribution < 1.29 is 9.53 Å². The van der Waals surface area contributed by atoms with Crippen LogP contribution in [-0.4, -0.2) is 23.6 Å². The highest BCUT2D eigenvalue weighted by Gasteiger charge is 2.24. The third-order valence-electron chi connectivity index (χ3n) is 2.24. The summed E-state index contributed by atoms with van der Waals surface area (Å²) >= 11 is 1.74. The van der Waals surface area contributed by atoms with Gasteiger partial charge in [0.1, 0.15) is 0 Å². The molecule has 0 aromatic carbocycles. The highest BCUT2D eigenvalue weighted by Crippen LogP contribution is 2.28. The number of thioether (sulfide) groups is 1. The number of carbonyl (C=O) groups excluding carboxylic acids is 1. The van der Waals surface area contributed by atoms with Crippen LogP contribution < -0.4 is 0 Å². The molecule has 0 N–H and O–H groups in total. The van der Waals surface area contributed by atoms with Crippen molar-refractivity contribution in [2.75, 3.05) is 6.26 Å². The highest BCUT2D eigenvalue weighted by molar-refractivity contribution is 7.99. The molecule has 0 saturated carbocycles. The Kier molecular flexibility index (Phi) is 4.52. The molecule has 1 unspecified atom stereocenters. The van der Waals surface area contributed by atoms with Crippen molar-refractivity contribution >= 4 is 17.7 Å². The molecule has 14 heavy (non-hydrogen) atoms. The molecule has 1 atom stereocenters. The number of rotatable bonds is 3. The Labute approximate surface area is 90.1 Å². The minimum Gasteiger partial charge on any atom is -0.460 e. The van der Waals surface area contributed by atoms with Gasteiger partial charge in [-0.15, -0.1) is 0 Å². The van der Waals surface area contributed by atoms with E-state index in [-0.39, 0.29) is 12.1 Å². The van der Waals surface area contributed by atoms with Crippen LogP contribution in [0.5, 0.6) is 0 Å². The van der Waals surface area contributed by atoms with Crippen molar-refractivity contribution in [3.8, 4) is 0 Å². The second-order valence-corrected chi connectivity index (χ2v) is 4.81. The fraction of sp³-hybridized carbons (Fsp3) is 0.727. The lowest BCUT2D eigenvalue weighted by molar-refractivity contribution is -0.142. The molecule has 0 aromatic heterocycles. The van der Waals surface area contributed by atoms with Gasteiger partial charge < -0.3 is 4.74 Å². The van der Waals surface area contributed by atoms with Crippen LogP contribution in [0.4, 0.5) is 0 Å². The molecule has 0 fully saturated rings. The van der Waals surface area contributed by atoms with Crippen LogP contribution in [0.2, 0.25) is 0 Å². The highest BCUT2D eigenvalue weighted by atomic mass is 32.2. The van der Waals surface area contributed by atoms with Crippen molar-refractivity contribution in [1.29, 1.82) is 0 Å². The van der Waals surface area contributed by atoms with Gasteiger partial charge >= 0.3 is 5.97 Å². The normalized spacial score (nSPS) is 22.0. The number of hydrogen-bond acceptors (Lipinski definition) is 3. The average Bonchev–Trinajstić information content (AvgIpc) is 2.16. The Balaban J connectivity index is 2.63. The van der Waals surface area contributed by atoms with Crippen LogP contribution in [0.25, 0.3) is 0 Å². The van der Waals surface area contributed by atoms with E-state index in [0.29, 0.717) is 5.25 Å². The second-order valence-electron chi connectivity index (χ2n) is 3.77. The summed E-state index contributed by atoms with van der Waals surface area (Å²) in [4.78, 5) is 11.7. The zero-order valence-corrected chi connectivity index (χ0v) is 9.89. The maximum absolute atomic E-state index is 11.7. The van der Waals surface area contributed by atoms with Crippen molar-refractivity contribution in [3.05, 3.63) is 11.6 Å². The first kappa shape index (κ1) is 11.6. The quantitative estimate of drug-likeness (QED) is 0.676. The molecule has 0 heterocycles. The summed E-state index contributed by atoms with van der Waals surface area (Å²) in [6.45, 7) is 3.77. The van der Waals surface area contributed by atoms with Crippen LogP contribution in [0.15, 0.2) is 11.6 Å². The number of esters is 1. The summed E-state index contributed by atoms with van der Waals surface area (Å²) in [6, 6.07) is 0. The first-order valence-corrected chi connectivity index (χ1v) is 6.37. The molecule has 1 rings (SSSR count). The zero-order valence-electron chi connectivity index (χ0n) is 9.08. The van der Waals surface area contributed by atoms with E-state index in [1.807, 2.05) is 26.2 Å². The topological polar surface area (TPSA) is 26.3 Å². The average molecular weight is 214 g/mol. The van der Waals surface area contributed by atoms with Crippen molar-refractivity contribution in [2.45, 2.75) is 44.5 Å². The number of hydrogen-bond donors (Lipinski definition) is 0. The lowest BCUT2D eigenvalue weighted by Gasteiger charge is -2.21. The molecule has 0 bridgehead atoms. The summed E-state index contributed by atoms with van der Waals surface area (Å²) in [6.07, 6.45) is 7.36. The van der Waals surface area contributed by atoms with Gasteiger partial charge in [0.25, 0.3) is 0 Å². The largest absolute Gasteiger partial charge is 0.460 e. The summed E-state index contributed by atoms with van der Waals surface area (Å²) < 4.78 is 5.20. The first-order valence-electron chi connectivity index (χ1n) is 5.09. The van der Waals surface area contributed by atoms with E-state index in [4.69, 9.17) is 4.74 Å². The number of ether oxygens (including phenoxy) is 1. The maximum atomic E-state index is 11.7. The molecule has 0 amide bonds. The predicted octanol–water partition coefficient (Wildman–Crippen LogP) is 2.78. The Morgan fingerprint density at radius 3 is 2.93 bits per heavy atom. The monoisotopic (exact) mass is 214 g/mol. The molecule has 0 aromatic rings. The number of carbonyl (C=O) groups is 1. The van der Waals surface area contributed by atoms with E-state index in [0.717, 1.165) is 18.4 Å². The molecular weight excluding hydrogens is 196 g/mol. The van der Waals surface area contributed by atoms with Crippen molar-refractivity contribution in [3.63, 3.8) is 0 Å². The van der Waals surface area contributed by atoms with Gasteiger partial charge in [0, 0.05) is 10.8 Å². The van der Waals surface area contributed by atoms with E-state index in [9.17, 15) is 4.79 Å². The van der Waals surface area contributed by atoms with Gasteiger partial charge in [-0.2, -0.15) is 11.8 Å². The zero-order chi connectivity index (χ0) is 10.6. The summed E-state index contributed by atoms with van der Waals surface area (Å²) in [7, 11) is 0. The molecular formula is C11H18O2S. The van der Waals surface area contributed by atoms with Crippen molar-refractivity contribution in [2.24, 2.45) is 0 Å². The Morgan fingerprint density at radius 1 is 1.64 bits per heavy atom. The maximum Gasteiger partial charge on any atom is 0.335 e. The van der Waals surface area contributed by atoms with Gasteiger partial charge in [0.05, 0.1) is 6.10 Å². The Hall–Kier alpha value is -0.440. The van der Waals surface area contributed by atoms with E-state index in [2.05, 4.69) is 0 Å². The molecule has 0 aliphatic heterocycles. The Morgan fingerprint density at radius 2 is 2.36 bits per heavy atom. The van der Waals surface area contributed by atoms with Gasteiger partial charge in [0.2, 0.25) is 0 Å². The van der Waals surface area contributed by atoms with Gasteiger partial charge in [-0.05, 0) is 39.4 Å². The predicted molar refractivity (Wildman–Crippen MR) is 60.5 cm³/mol. The smallest absolute Gasteiger partial charge is 0.335 e. The second kappa shape index (κ2) is 5.44. The Bertz CT molecular complexity index is 233. The van der Waals surface area contributed by atoms with Crippen molar-refractivity contribution in [1.82, 2.24) is 0 Å². The minimum atomic E-state index is -0.126. The third kappa shape index (κ3) is 3.05. The molecule has 0 saturated heterocycles. The van der Waals surface area contributed by atoms with Gasteiger partial charge in [-0.1, -0.05) is 6.08 Å². The van der Waals surface area contributed by atoms with E-state index >= 15 is 0 Å². The SMILES string of the molecule is CSC1CCCC=C1C(=O)OC(C)C. The van der Waals surface area contributed by atoms with Crippen LogP contribution >= 0.6 is 11.8 Å². The van der Waals surface area contributed by atoms with Gasteiger partial charge in [-0.3, -0.25) is 0 Å². The van der Waals surface area contributed by atoms with Crippen LogP contribution in [-0.2, 0) is 9.53 Å². The van der Waals surface area contributed by atoms with Gasteiger partial charge in [-0.25, -0.2) is 4.79 Å². The van der Waals surface area contributed by atoms with Crippen LogP contribution in [0.1, 0.15) is 33.1 Å². The third-order valence-corrected chi connectivity index (χ3v) is 3.30. The molecule has 2 nitrogen and oxygen atoms in total. The van der Waals surface area contributed by atoms with E-state index in [1.165, 1.54) is 6.42 Å². The molecule has 80 valence electrons. The van der Waals surface area contributed by atoms with Crippen LogP contribution in [0.3, 0.4) is 0 Å². The molecule has 1 aliphatic carbocycles. The molecule has 0 spiro atoms. The van der Waals surface area contributed by atoms with Gasteiger partial charge in [0.15, 0.2) is 0 Å². The fourth-order valence-corrected chi connectivity index (χ4v) is 2.44. The first-order chi connectivity index (χ1) is 6.65. The molecule has 3 heteroatoms. The standard InChI is InChI=1S/C11H18O2S/c1-8(2)13-11(12)9-6-4-5-7-10(9)14-3/h6,8,10H,4-5,7H2,1-3H3. The summed E-state index contributed by atoms with van der Waals surface area (Å²) in [5.41, 5.74) is 0.873. The molecule has 0 radical (unpaired) electrons. The fourth-order valence-electron chi connectivity index (χ4n) is 1.59. The van der Waals surface area contributed by atoms with Crippen LogP contribution in [0, 0.1) is 0 Å². The summed E-state index contributed by atoms with van der Waals surface area (Å²) in [5, 5.41) is 0.343.